The van der Waals surface area contributed by atoms with Gasteiger partial charge in [-0.05, 0) is 49.1 Å². The Balaban J connectivity index is 2.87. The standard InChI is InChI=1S/C15H23BrClNO/c1-4-6-18-15(11(2)5-7-19-3)12-8-13(16)10-14(17)9-12/h8-11,15,18H,4-7H2,1-3H3. The first kappa shape index (κ1) is 17.0. The van der Waals surface area contributed by atoms with Gasteiger partial charge in [-0.15, -0.1) is 0 Å². The second-order valence-corrected chi connectivity index (χ2v) is 6.25. The Kier molecular flexibility index (Phi) is 8.00. The molecule has 0 fully saturated rings. The summed E-state index contributed by atoms with van der Waals surface area (Å²) in [4.78, 5) is 0. The molecule has 0 heterocycles. The molecule has 0 saturated heterocycles. The molecule has 0 saturated carbocycles. The summed E-state index contributed by atoms with van der Waals surface area (Å²) in [5.74, 6) is 0.497. The van der Waals surface area contributed by atoms with E-state index in [0.29, 0.717) is 12.0 Å². The molecule has 0 aliphatic carbocycles. The minimum Gasteiger partial charge on any atom is -0.385 e. The minimum absolute atomic E-state index is 0.310. The third kappa shape index (κ3) is 5.82. The van der Waals surface area contributed by atoms with Crippen molar-refractivity contribution in [2.75, 3.05) is 20.3 Å². The molecule has 19 heavy (non-hydrogen) atoms. The van der Waals surface area contributed by atoms with Crippen molar-refractivity contribution >= 4 is 27.5 Å². The highest BCUT2D eigenvalue weighted by Crippen LogP contribution is 2.29. The summed E-state index contributed by atoms with van der Waals surface area (Å²) in [5, 5.41) is 4.38. The Hall–Kier alpha value is -0.0900. The van der Waals surface area contributed by atoms with Gasteiger partial charge in [0.1, 0.15) is 0 Å². The Morgan fingerprint density at radius 1 is 1.37 bits per heavy atom. The largest absolute Gasteiger partial charge is 0.385 e. The second-order valence-electron chi connectivity index (χ2n) is 4.89. The van der Waals surface area contributed by atoms with Crippen LogP contribution in [0, 0.1) is 5.92 Å². The van der Waals surface area contributed by atoms with E-state index in [2.05, 4.69) is 41.2 Å². The molecular weight excluding hydrogens is 326 g/mol. The zero-order valence-electron chi connectivity index (χ0n) is 11.9. The van der Waals surface area contributed by atoms with Crippen LogP contribution in [0.1, 0.15) is 38.3 Å². The van der Waals surface area contributed by atoms with E-state index in [0.717, 1.165) is 35.5 Å². The van der Waals surface area contributed by atoms with Crippen molar-refractivity contribution in [1.29, 1.82) is 0 Å². The molecule has 0 radical (unpaired) electrons. The van der Waals surface area contributed by atoms with Crippen LogP contribution in [-0.4, -0.2) is 20.3 Å². The molecule has 0 aromatic heterocycles. The van der Waals surface area contributed by atoms with Crippen LogP contribution in [0.5, 0.6) is 0 Å². The first-order chi connectivity index (χ1) is 9.08. The first-order valence-corrected chi connectivity index (χ1v) is 7.93. The number of methoxy groups -OCH3 is 1. The van der Waals surface area contributed by atoms with Crippen LogP contribution < -0.4 is 5.32 Å². The van der Waals surface area contributed by atoms with E-state index in [-0.39, 0.29) is 0 Å². The van der Waals surface area contributed by atoms with E-state index in [4.69, 9.17) is 16.3 Å². The van der Waals surface area contributed by atoms with E-state index >= 15 is 0 Å². The maximum Gasteiger partial charge on any atom is 0.0465 e. The summed E-state index contributed by atoms with van der Waals surface area (Å²) >= 11 is 9.67. The molecule has 1 rings (SSSR count). The van der Waals surface area contributed by atoms with Crippen LogP contribution in [-0.2, 0) is 4.74 Å². The zero-order valence-corrected chi connectivity index (χ0v) is 14.2. The van der Waals surface area contributed by atoms with Gasteiger partial charge in [0.15, 0.2) is 0 Å². The van der Waals surface area contributed by atoms with E-state index in [9.17, 15) is 0 Å². The molecule has 2 atom stereocenters. The lowest BCUT2D eigenvalue weighted by Gasteiger charge is -2.26. The third-order valence-corrected chi connectivity index (χ3v) is 3.88. The van der Waals surface area contributed by atoms with E-state index in [1.165, 1.54) is 5.56 Å². The minimum atomic E-state index is 0.310. The van der Waals surface area contributed by atoms with Crippen LogP contribution in [0.4, 0.5) is 0 Å². The quantitative estimate of drug-likeness (QED) is 0.727. The molecule has 0 spiro atoms. The summed E-state index contributed by atoms with van der Waals surface area (Å²) in [5.41, 5.74) is 1.23. The van der Waals surface area contributed by atoms with E-state index < -0.39 is 0 Å². The van der Waals surface area contributed by atoms with Gasteiger partial charge in [0.25, 0.3) is 0 Å². The van der Waals surface area contributed by atoms with Gasteiger partial charge in [-0.2, -0.15) is 0 Å². The van der Waals surface area contributed by atoms with Gasteiger partial charge >= 0.3 is 0 Å². The van der Waals surface area contributed by atoms with Crippen LogP contribution in [0.2, 0.25) is 5.02 Å². The zero-order chi connectivity index (χ0) is 14.3. The number of nitrogens with one attached hydrogen (secondary N) is 1. The van der Waals surface area contributed by atoms with Gasteiger partial charge in [0.05, 0.1) is 0 Å². The Morgan fingerprint density at radius 2 is 2.11 bits per heavy atom. The van der Waals surface area contributed by atoms with Crippen molar-refractivity contribution < 1.29 is 4.74 Å². The molecule has 2 nitrogen and oxygen atoms in total. The fourth-order valence-corrected chi connectivity index (χ4v) is 3.06. The molecule has 2 unspecified atom stereocenters. The number of hydrogen-bond acceptors (Lipinski definition) is 2. The van der Waals surface area contributed by atoms with Gasteiger partial charge < -0.3 is 10.1 Å². The highest BCUT2D eigenvalue weighted by molar-refractivity contribution is 9.10. The fraction of sp³-hybridized carbons (Fsp3) is 0.600. The van der Waals surface area contributed by atoms with Crippen LogP contribution in [0.3, 0.4) is 0 Å². The molecule has 0 amide bonds. The van der Waals surface area contributed by atoms with Crippen molar-refractivity contribution in [2.24, 2.45) is 5.92 Å². The van der Waals surface area contributed by atoms with Crippen molar-refractivity contribution in [1.82, 2.24) is 5.32 Å². The number of benzene rings is 1. The van der Waals surface area contributed by atoms with Crippen molar-refractivity contribution in [3.05, 3.63) is 33.3 Å². The highest BCUT2D eigenvalue weighted by Gasteiger charge is 2.19. The maximum absolute atomic E-state index is 6.15. The lowest BCUT2D eigenvalue weighted by Crippen LogP contribution is -2.28. The number of rotatable bonds is 8. The molecular formula is C15H23BrClNO. The lowest BCUT2D eigenvalue weighted by atomic mass is 9.92. The Morgan fingerprint density at radius 3 is 2.68 bits per heavy atom. The monoisotopic (exact) mass is 347 g/mol. The first-order valence-electron chi connectivity index (χ1n) is 6.76. The van der Waals surface area contributed by atoms with Gasteiger partial charge in [0, 0.05) is 29.3 Å². The number of ether oxygens (including phenoxy) is 1. The fourth-order valence-electron chi connectivity index (χ4n) is 2.17. The van der Waals surface area contributed by atoms with Crippen LogP contribution in [0.25, 0.3) is 0 Å². The van der Waals surface area contributed by atoms with E-state index in [1.807, 2.05) is 12.1 Å². The van der Waals surface area contributed by atoms with Crippen LogP contribution >= 0.6 is 27.5 Å². The third-order valence-electron chi connectivity index (χ3n) is 3.20. The van der Waals surface area contributed by atoms with Crippen molar-refractivity contribution in [2.45, 2.75) is 32.7 Å². The molecule has 1 aromatic carbocycles. The second kappa shape index (κ2) is 8.96. The van der Waals surface area contributed by atoms with Crippen molar-refractivity contribution in [3.63, 3.8) is 0 Å². The normalized spacial score (nSPS) is 14.4. The van der Waals surface area contributed by atoms with Gasteiger partial charge in [0.2, 0.25) is 0 Å². The van der Waals surface area contributed by atoms with Gasteiger partial charge in [-0.1, -0.05) is 41.4 Å². The average molecular weight is 349 g/mol. The lowest BCUT2D eigenvalue weighted by molar-refractivity contribution is 0.170. The highest BCUT2D eigenvalue weighted by atomic mass is 79.9. The Bertz CT molecular complexity index is 366. The molecule has 0 aliphatic rings. The summed E-state index contributed by atoms with van der Waals surface area (Å²) in [6.45, 7) is 6.22. The summed E-state index contributed by atoms with van der Waals surface area (Å²) in [6, 6.07) is 6.41. The molecule has 4 heteroatoms. The maximum atomic E-state index is 6.15. The molecule has 0 aliphatic heterocycles. The number of hydrogen-bond donors (Lipinski definition) is 1. The SMILES string of the molecule is CCCNC(c1cc(Cl)cc(Br)c1)C(C)CCOC. The summed E-state index contributed by atoms with van der Waals surface area (Å²) < 4.78 is 6.21. The molecule has 1 aromatic rings. The van der Waals surface area contributed by atoms with E-state index in [1.54, 1.807) is 7.11 Å². The predicted octanol–water partition coefficient (Wildman–Crippen LogP) is 4.82. The van der Waals surface area contributed by atoms with Crippen LogP contribution in [0.15, 0.2) is 22.7 Å². The predicted molar refractivity (Wildman–Crippen MR) is 85.8 cm³/mol. The molecule has 0 bridgehead atoms. The number of halogens is 2. The van der Waals surface area contributed by atoms with Gasteiger partial charge in [-0.25, -0.2) is 0 Å². The van der Waals surface area contributed by atoms with Gasteiger partial charge in [-0.3, -0.25) is 0 Å². The summed E-state index contributed by atoms with van der Waals surface area (Å²) in [7, 11) is 1.75. The summed E-state index contributed by atoms with van der Waals surface area (Å²) in [6.07, 6.45) is 2.15. The molecule has 108 valence electrons. The van der Waals surface area contributed by atoms with Crippen molar-refractivity contribution in [3.8, 4) is 0 Å². The topological polar surface area (TPSA) is 21.3 Å². The smallest absolute Gasteiger partial charge is 0.0465 e. The molecule has 1 N–H and O–H groups in total. The average Bonchev–Trinajstić information content (AvgIpc) is 2.35. The Labute approximate surface area is 130 Å².